The highest BCUT2D eigenvalue weighted by Gasteiger charge is 2.08. The van der Waals surface area contributed by atoms with Gasteiger partial charge in [0.2, 0.25) is 5.91 Å². The Morgan fingerprint density at radius 1 is 1.18 bits per heavy atom. The number of halogens is 3. The van der Waals surface area contributed by atoms with E-state index in [1.54, 1.807) is 6.08 Å². The van der Waals surface area contributed by atoms with Crippen LogP contribution in [-0.4, -0.2) is 11.0 Å². The van der Waals surface area contributed by atoms with Crippen LogP contribution in [0.5, 0.6) is 0 Å². The molecule has 0 aliphatic rings. The van der Waals surface area contributed by atoms with Gasteiger partial charge in [-0.25, -0.2) is 0 Å². The quantitative estimate of drug-likeness (QED) is 0.427. The summed E-state index contributed by atoms with van der Waals surface area (Å²) in [6, 6.07) is 6.84. The Kier molecular flexibility index (Phi) is 6.23. The molecule has 0 bridgehead atoms. The fraction of sp³-hybridized carbons (Fsp3) is 0. The monoisotopic (exact) mass is 390 g/mol. The molecule has 1 heterocycles. The number of anilines is 1. The number of thiophene rings is 1. The molecule has 0 atom stereocenters. The standard InChI is InChI=1S/C14H9Cl3N2OS2/c15-9-6-11(17)12(7-10(9)16)18-14(21)19-13(20)4-3-8-2-1-5-22-8/h1-7H,(H2,18,19,20,21). The van der Waals surface area contributed by atoms with E-state index in [9.17, 15) is 4.79 Å². The van der Waals surface area contributed by atoms with E-state index in [4.69, 9.17) is 47.0 Å². The fourth-order valence-electron chi connectivity index (χ4n) is 1.47. The highest BCUT2D eigenvalue weighted by Crippen LogP contribution is 2.32. The van der Waals surface area contributed by atoms with Crippen LogP contribution in [0.3, 0.4) is 0 Å². The normalized spacial score (nSPS) is 10.7. The van der Waals surface area contributed by atoms with Gasteiger partial charge in [0.15, 0.2) is 5.11 Å². The molecule has 0 spiro atoms. The van der Waals surface area contributed by atoms with Crippen molar-refractivity contribution in [3.05, 3.63) is 55.7 Å². The smallest absolute Gasteiger partial charge is 0.250 e. The topological polar surface area (TPSA) is 41.1 Å². The Morgan fingerprint density at radius 3 is 2.59 bits per heavy atom. The number of carbonyl (C=O) groups excluding carboxylic acids is 1. The van der Waals surface area contributed by atoms with Gasteiger partial charge < -0.3 is 5.32 Å². The van der Waals surface area contributed by atoms with Gasteiger partial charge in [-0.15, -0.1) is 11.3 Å². The predicted octanol–water partition coefficient (Wildman–Crippen LogP) is 5.23. The molecule has 0 radical (unpaired) electrons. The molecular formula is C14H9Cl3N2OS2. The number of thiocarbonyl (C=S) groups is 1. The van der Waals surface area contributed by atoms with Crippen molar-refractivity contribution in [2.45, 2.75) is 0 Å². The number of hydrogen-bond acceptors (Lipinski definition) is 3. The second-order valence-corrected chi connectivity index (χ2v) is 6.65. The molecule has 2 N–H and O–H groups in total. The van der Waals surface area contributed by atoms with Crippen molar-refractivity contribution in [1.29, 1.82) is 0 Å². The summed E-state index contributed by atoms with van der Waals surface area (Å²) in [5.74, 6) is -0.345. The lowest BCUT2D eigenvalue weighted by atomic mass is 10.3. The van der Waals surface area contributed by atoms with Gasteiger partial charge >= 0.3 is 0 Å². The van der Waals surface area contributed by atoms with Crippen LogP contribution in [-0.2, 0) is 4.79 Å². The van der Waals surface area contributed by atoms with Crippen molar-refractivity contribution in [2.24, 2.45) is 0 Å². The number of amides is 1. The average Bonchev–Trinajstić information content (AvgIpc) is 2.95. The van der Waals surface area contributed by atoms with Crippen molar-refractivity contribution in [3.63, 3.8) is 0 Å². The first kappa shape index (κ1) is 17.2. The fourth-order valence-corrected chi connectivity index (χ4v) is 2.89. The first-order valence-corrected chi connectivity index (χ1v) is 8.36. The summed E-state index contributed by atoms with van der Waals surface area (Å²) >= 11 is 24.4. The Hall–Kier alpha value is -1.11. The van der Waals surface area contributed by atoms with E-state index in [2.05, 4.69) is 10.6 Å². The molecular weight excluding hydrogens is 383 g/mol. The van der Waals surface area contributed by atoms with E-state index in [0.717, 1.165) is 4.88 Å². The molecule has 22 heavy (non-hydrogen) atoms. The number of benzene rings is 1. The summed E-state index contributed by atoms with van der Waals surface area (Å²) in [4.78, 5) is 12.7. The summed E-state index contributed by atoms with van der Waals surface area (Å²) in [5.41, 5.74) is 0.462. The van der Waals surface area contributed by atoms with E-state index in [1.807, 2.05) is 17.5 Å². The number of hydrogen-bond donors (Lipinski definition) is 2. The average molecular weight is 392 g/mol. The molecule has 3 nitrogen and oxygen atoms in total. The van der Waals surface area contributed by atoms with Gasteiger partial charge in [-0.2, -0.15) is 0 Å². The van der Waals surface area contributed by atoms with Crippen LogP contribution in [0, 0.1) is 0 Å². The van der Waals surface area contributed by atoms with Crippen LogP contribution in [0.15, 0.2) is 35.7 Å². The zero-order valence-electron chi connectivity index (χ0n) is 10.9. The summed E-state index contributed by atoms with van der Waals surface area (Å²) < 4.78 is 0. The van der Waals surface area contributed by atoms with Gasteiger partial charge in [0.25, 0.3) is 0 Å². The van der Waals surface area contributed by atoms with E-state index < -0.39 is 0 Å². The maximum atomic E-state index is 11.7. The summed E-state index contributed by atoms with van der Waals surface area (Å²) in [6.07, 6.45) is 3.10. The molecule has 0 fully saturated rings. The van der Waals surface area contributed by atoms with Gasteiger partial charge in [0.05, 0.1) is 20.8 Å². The molecule has 1 aromatic heterocycles. The molecule has 0 saturated carbocycles. The van der Waals surface area contributed by atoms with Gasteiger partial charge in [0, 0.05) is 11.0 Å². The molecule has 114 valence electrons. The molecule has 0 aliphatic heterocycles. The van der Waals surface area contributed by atoms with E-state index in [1.165, 1.54) is 29.5 Å². The molecule has 0 saturated heterocycles. The Balaban J connectivity index is 1.95. The summed E-state index contributed by atoms with van der Waals surface area (Å²) in [7, 11) is 0. The molecule has 1 amide bonds. The van der Waals surface area contributed by atoms with Crippen molar-refractivity contribution in [3.8, 4) is 0 Å². The molecule has 2 rings (SSSR count). The Labute approximate surface area is 151 Å². The first-order chi connectivity index (χ1) is 10.5. The first-order valence-electron chi connectivity index (χ1n) is 5.94. The Bertz CT molecular complexity index is 730. The van der Waals surface area contributed by atoms with E-state index in [0.29, 0.717) is 20.8 Å². The predicted molar refractivity (Wildman–Crippen MR) is 99.2 cm³/mol. The lowest BCUT2D eigenvalue weighted by molar-refractivity contribution is -0.115. The van der Waals surface area contributed by atoms with Crippen molar-refractivity contribution >= 4 is 81.1 Å². The molecule has 8 heteroatoms. The third-order valence-corrected chi connectivity index (χ3v) is 4.51. The van der Waals surface area contributed by atoms with E-state index in [-0.39, 0.29) is 11.0 Å². The lowest BCUT2D eigenvalue weighted by Crippen LogP contribution is -2.32. The van der Waals surface area contributed by atoms with Crippen LogP contribution in [0.4, 0.5) is 5.69 Å². The minimum atomic E-state index is -0.345. The van der Waals surface area contributed by atoms with Crippen molar-refractivity contribution < 1.29 is 4.79 Å². The maximum Gasteiger partial charge on any atom is 0.250 e. The molecule has 0 aliphatic carbocycles. The third-order valence-electron chi connectivity index (χ3n) is 2.44. The third kappa shape index (κ3) is 4.97. The highest BCUT2D eigenvalue weighted by atomic mass is 35.5. The number of rotatable bonds is 3. The molecule has 0 unspecified atom stereocenters. The maximum absolute atomic E-state index is 11.7. The largest absolute Gasteiger partial charge is 0.331 e. The van der Waals surface area contributed by atoms with Crippen LogP contribution < -0.4 is 10.6 Å². The van der Waals surface area contributed by atoms with Crippen LogP contribution >= 0.6 is 58.4 Å². The lowest BCUT2D eigenvalue weighted by Gasteiger charge is -2.10. The van der Waals surface area contributed by atoms with Crippen LogP contribution in [0.2, 0.25) is 15.1 Å². The zero-order chi connectivity index (χ0) is 16.1. The van der Waals surface area contributed by atoms with Gasteiger partial charge in [-0.05, 0) is 41.9 Å². The minimum absolute atomic E-state index is 0.112. The summed E-state index contributed by atoms with van der Waals surface area (Å²) in [5, 5.41) is 8.37. The van der Waals surface area contributed by atoms with Crippen molar-refractivity contribution in [2.75, 3.05) is 5.32 Å². The minimum Gasteiger partial charge on any atom is -0.331 e. The van der Waals surface area contributed by atoms with Crippen LogP contribution in [0.1, 0.15) is 4.88 Å². The van der Waals surface area contributed by atoms with Gasteiger partial charge in [-0.1, -0.05) is 40.9 Å². The molecule has 1 aromatic carbocycles. The van der Waals surface area contributed by atoms with Crippen molar-refractivity contribution in [1.82, 2.24) is 5.32 Å². The SMILES string of the molecule is O=C(C=Cc1cccs1)NC(=S)Nc1cc(Cl)c(Cl)cc1Cl. The van der Waals surface area contributed by atoms with E-state index >= 15 is 0 Å². The molecule has 2 aromatic rings. The van der Waals surface area contributed by atoms with Gasteiger partial charge in [-0.3, -0.25) is 10.1 Å². The van der Waals surface area contributed by atoms with Gasteiger partial charge in [0.1, 0.15) is 0 Å². The number of nitrogens with one attached hydrogen (secondary N) is 2. The highest BCUT2D eigenvalue weighted by molar-refractivity contribution is 7.80. The second-order valence-electron chi connectivity index (χ2n) is 4.04. The zero-order valence-corrected chi connectivity index (χ0v) is 14.8. The van der Waals surface area contributed by atoms with Crippen LogP contribution in [0.25, 0.3) is 6.08 Å². The Morgan fingerprint density at radius 2 is 1.91 bits per heavy atom. The summed E-state index contributed by atoms with van der Waals surface area (Å²) in [6.45, 7) is 0. The number of carbonyl (C=O) groups is 1. The second kappa shape index (κ2) is 7.94.